The van der Waals surface area contributed by atoms with Crippen molar-refractivity contribution < 1.29 is 9.47 Å². The molecule has 0 unspecified atom stereocenters. The Morgan fingerprint density at radius 3 is 2.74 bits per heavy atom. The van der Waals surface area contributed by atoms with Crippen molar-refractivity contribution in [2.24, 2.45) is 5.92 Å². The first kappa shape index (κ1) is 14.4. The summed E-state index contributed by atoms with van der Waals surface area (Å²) in [4.78, 5) is 0. The second-order valence-electron chi connectivity index (χ2n) is 5.21. The van der Waals surface area contributed by atoms with E-state index in [0.717, 1.165) is 24.8 Å². The van der Waals surface area contributed by atoms with Crippen molar-refractivity contribution in [2.75, 3.05) is 26.9 Å². The van der Waals surface area contributed by atoms with Crippen molar-refractivity contribution >= 4 is 0 Å². The van der Waals surface area contributed by atoms with Gasteiger partial charge in [-0.1, -0.05) is 31.0 Å². The Bertz CT molecular complexity index is 362. The second-order valence-corrected chi connectivity index (χ2v) is 5.21. The largest absolute Gasteiger partial charge is 0.491 e. The molecular weight excluding hydrogens is 238 g/mol. The van der Waals surface area contributed by atoms with Gasteiger partial charge < -0.3 is 14.8 Å². The van der Waals surface area contributed by atoms with Gasteiger partial charge in [-0.05, 0) is 31.9 Å². The Morgan fingerprint density at radius 1 is 1.16 bits per heavy atom. The maximum atomic E-state index is 5.79. The van der Waals surface area contributed by atoms with Crippen LogP contribution in [0, 0.1) is 5.92 Å². The molecule has 0 atom stereocenters. The monoisotopic (exact) mass is 263 g/mol. The molecule has 0 heterocycles. The van der Waals surface area contributed by atoms with Crippen molar-refractivity contribution in [3.8, 4) is 5.75 Å². The first-order valence-electron chi connectivity index (χ1n) is 7.33. The predicted molar refractivity (Wildman–Crippen MR) is 77.5 cm³/mol. The van der Waals surface area contributed by atoms with Crippen LogP contribution in [-0.4, -0.2) is 26.9 Å². The normalized spacial score (nSPS) is 15.8. The first-order chi connectivity index (χ1) is 9.40. The minimum Gasteiger partial charge on any atom is -0.491 e. The summed E-state index contributed by atoms with van der Waals surface area (Å²) in [5.41, 5.74) is 1.20. The smallest absolute Gasteiger partial charge is 0.123 e. The molecule has 1 N–H and O–H groups in total. The number of ether oxygens (including phenoxy) is 2. The van der Waals surface area contributed by atoms with Gasteiger partial charge in [-0.3, -0.25) is 0 Å². The number of para-hydroxylation sites is 1. The highest BCUT2D eigenvalue weighted by Crippen LogP contribution is 2.24. The molecule has 0 aliphatic heterocycles. The minimum atomic E-state index is 0.632. The maximum absolute atomic E-state index is 5.79. The number of rotatable bonds is 8. The highest BCUT2D eigenvalue weighted by atomic mass is 16.5. The van der Waals surface area contributed by atoms with Crippen LogP contribution in [0.3, 0.4) is 0 Å². The molecule has 0 aromatic heterocycles. The first-order valence-corrected chi connectivity index (χ1v) is 7.33. The molecule has 0 bridgehead atoms. The fourth-order valence-electron chi connectivity index (χ4n) is 2.62. The van der Waals surface area contributed by atoms with E-state index in [0.29, 0.717) is 13.2 Å². The Kier molecular flexibility index (Phi) is 6.18. The van der Waals surface area contributed by atoms with Crippen LogP contribution >= 0.6 is 0 Å². The van der Waals surface area contributed by atoms with Gasteiger partial charge in [0.05, 0.1) is 6.61 Å². The zero-order valence-corrected chi connectivity index (χ0v) is 11.9. The molecular formula is C16H25NO2. The van der Waals surface area contributed by atoms with Crippen molar-refractivity contribution in [3.63, 3.8) is 0 Å². The van der Waals surface area contributed by atoms with E-state index < -0.39 is 0 Å². The van der Waals surface area contributed by atoms with Crippen molar-refractivity contribution in [2.45, 2.75) is 32.2 Å². The lowest BCUT2D eigenvalue weighted by Crippen LogP contribution is -2.13. The maximum Gasteiger partial charge on any atom is 0.123 e. The zero-order chi connectivity index (χ0) is 13.3. The molecule has 3 nitrogen and oxygen atoms in total. The standard InChI is InChI=1S/C16H25NO2/c1-17-12-15-8-4-5-9-16(15)19-11-10-18-13-14-6-2-3-7-14/h4-5,8-9,14,17H,2-3,6-7,10-13H2,1H3. The van der Waals surface area contributed by atoms with E-state index in [9.17, 15) is 0 Å². The highest BCUT2D eigenvalue weighted by Gasteiger charge is 2.14. The molecule has 0 saturated heterocycles. The average molecular weight is 263 g/mol. The molecule has 1 aliphatic rings. The summed E-state index contributed by atoms with van der Waals surface area (Å²) in [6, 6.07) is 8.15. The summed E-state index contributed by atoms with van der Waals surface area (Å²) < 4.78 is 11.5. The molecule has 1 fully saturated rings. The molecule has 1 aliphatic carbocycles. The molecule has 19 heavy (non-hydrogen) atoms. The van der Waals surface area contributed by atoms with Crippen molar-refractivity contribution in [3.05, 3.63) is 29.8 Å². The quantitative estimate of drug-likeness (QED) is 0.731. The SMILES string of the molecule is CNCc1ccccc1OCCOCC1CCCC1. The third kappa shape index (κ3) is 4.84. The summed E-state index contributed by atoms with van der Waals surface area (Å²) in [6.07, 6.45) is 5.43. The van der Waals surface area contributed by atoms with E-state index in [1.807, 2.05) is 25.2 Å². The number of benzene rings is 1. The minimum absolute atomic E-state index is 0.632. The van der Waals surface area contributed by atoms with Crippen LogP contribution in [0.5, 0.6) is 5.75 Å². The molecule has 1 aromatic carbocycles. The topological polar surface area (TPSA) is 30.5 Å². The van der Waals surface area contributed by atoms with E-state index in [2.05, 4.69) is 11.4 Å². The highest BCUT2D eigenvalue weighted by molar-refractivity contribution is 5.33. The molecule has 3 heteroatoms. The molecule has 0 radical (unpaired) electrons. The summed E-state index contributed by atoms with van der Waals surface area (Å²) in [7, 11) is 1.95. The zero-order valence-electron chi connectivity index (χ0n) is 11.9. The molecule has 106 valence electrons. The van der Waals surface area contributed by atoms with E-state index in [1.165, 1.54) is 31.2 Å². The van der Waals surface area contributed by atoms with Gasteiger partial charge in [0, 0.05) is 18.7 Å². The van der Waals surface area contributed by atoms with Crippen molar-refractivity contribution in [1.82, 2.24) is 5.32 Å². The van der Waals surface area contributed by atoms with Crippen LogP contribution in [0.15, 0.2) is 24.3 Å². The number of nitrogens with one attached hydrogen (secondary N) is 1. The van der Waals surface area contributed by atoms with Gasteiger partial charge in [0.1, 0.15) is 12.4 Å². The Morgan fingerprint density at radius 2 is 1.95 bits per heavy atom. The van der Waals surface area contributed by atoms with Crippen LogP contribution in [0.2, 0.25) is 0 Å². The Hall–Kier alpha value is -1.06. The lowest BCUT2D eigenvalue weighted by Gasteiger charge is -2.13. The lowest BCUT2D eigenvalue weighted by molar-refractivity contribution is 0.0751. The average Bonchev–Trinajstić information content (AvgIpc) is 2.94. The summed E-state index contributed by atoms with van der Waals surface area (Å²) in [5.74, 6) is 1.75. The fraction of sp³-hybridized carbons (Fsp3) is 0.625. The molecule has 1 saturated carbocycles. The van der Waals surface area contributed by atoms with Crippen molar-refractivity contribution in [1.29, 1.82) is 0 Å². The van der Waals surface area contributed by atoms with Gasteiger partial charge in [0.15, 0.2) is 0 Å². The van der Waals surface area contributed by atoms with Gasteiger partial charge in [-0.2, -0.15) is 0 Å². The van der Waals surface area contributed by atoms with Crippen LogP contribution in [0.1, 0.15) is 31.2 Å². The summed E-state index contributed by atoms with van der Waals surface area (Å²) >= 11 is 0. The number of hydrogen-bond acceptors (Lipinski definition) is 3. The van der Waals surface area contributed by atoms with Gasteiger partial charge in [-0.15, -0.1) is 0 Å². The van der Waals surface area contributed by atoms with Crippen LogP contribution in [0.4, 0.5) is 0 Å². The van der Waals surface area contributed by atoms with Crippen LogP contribution in [-0.2, 0) is 11.3 Å². The Balaban J connectivity index is 1.64. The fourth-order valence-corrected chi connectivity index (χ4v) is 2.62. The van der Waals surface area contributed by atoms with E-state index in [4.69, 9.17) is 9.47 Å². The van der Waals surface area contributed by atoms with E-state index in [-0.39, 0.29) is 0 Å². The van der Waals surface area contributed by atoms with E-state index >= 15 is 0 Å². The van der Waals surface area contributed by atoms with E-state index in [1.54, 1.807) is 0 Å². The molecule has 0 spiro atoms. The van der Waals surface area contributed by atoms with Gasteiger partial charge in [0.25, 0.3) is 0 Å². The lowest BCUT2D eigenvalue weighted by atomic mass is 10.1. The molecule has 0 amide bonds. The second kappa shape index (κ2) is 8.18. The molecule has 2 rings (SSSR count). The predicted octanol–water partition coefficient (Wildman–Crippen LogP) is 2.99. The summed E-state index contributed by atoms with van der Waals surface area (Å²) in [5, 5.41) is 3.15. The Labute approximate surface area is 116 Å². The summed E-state index contributed by atoms with van der Waals surface area (Å²) in [6.45, 7) is 3.05. The van der Waals surface area contributed by atoms with Gasteiger partial charge in [0.2, 0.25) is 0 Å². The van der Waals surface area contributed by atoms with Gasteiger partial charge in [-0.25, -0.2) is 0 Å². The van der Waals surface area contributed by atoms with Crippen LogP contribution < -0.4 is 10.1 Å². The molecule has 1 aromatic rings. The van der Waals surface area contributed by atoms with Crippen LogP contribution in [0.25, 0.3) is 0 Å². The third-order valence-electron chi connectivity index (χ3n) is 3.65. The third-order valence-corrected chi connectivity index (χ3v) is 3.65. The number of hydrogen-bond donors (Lipinski definition) is 1. The van der Waals surface area contributed by atoms with Gasteiger partial charge >= 0.3 is 0 Å².